The molecule has 0 aliphatic heterocycles. The molecule has 0 saturated heterocycles. The largest absolute Gasteiger partial charge is 0.355 e. The van der Waals surface area contributed by atoms with Crippen molar-refractivity contribution in [1.82, 2.24) is 14.9 Å². The Morgan fingerprint density at radius 2 is 2.15 bits per heavy atom. The first-order chi connectivity index (χ1) is 9.53. The molecule has 1 unspecified atom stereocenters. The number of aryl methyl sites for hydroxylation is 1. The molecule has 0 aliphatic rings. The van der Waals surface area contributed by atoms with E-state index in [0.717, 1.165) is 12.1 Å². The number of hydrogen-bond donors (Lipinski definition) is 1. The van der Waals surface area contributed by atoms with Crippen LogP contribution in [0.25, 0.3) is 0 Å². The summed E-state index contributed by atoms with van der Waals surface area (Å²) >= 11 is 1.36. The lowest BCUT2D eigenvalue weighted by Crippen LogP contribution is -2.33. The van der Waals surface area contributed by atoms with Crippen LogP contribution < -0.4 is 10.9 Å². The Labute approximate surface area is 124 Å². The molecule has 1 heterocycles. The minimum atomic E-state index is -0.216. The zero-order chi connectivity index (χ0) is 15.1. The molecule has 6 heteroatoms. The summed E-state index contributed by atoms with van der Waals surface area (Å²) in [4.78, 5) is 28.3. The topological polar surface area (TPSA) is 64.0 Å². The van der Waals surface area contributed by atoms with Crippen LogP contribution in [-0.4, -0.2) is 27.3 Å². The molecule has 1 aromatic heterocycles. The van der Waals surface area contributed by atoms with E-state index in [0.29, 0.717) is 24.5 Å². The smallest absolute Gasteiger partial charge is 0.254 e. The lowest BCUT2D eigenvalue weighted by atomic mass is 10.3. The van der Waals surface area contributed by atoms with Gasteiger partial charge in [-0.2, -0.15) is 0 Å². The molecule has 1 amide bonds. The predicted molar refractivity (Wildman–Crippen MR) is 82.1 cm³/mol. The van der Waals surface area contributed by atoms with Crippen molar-refractivity contribution in [2.75, 3.05) is 6.54 Å². The standard InChI is InChI=1S/C14H23N3O2S/c1-5-8-15-13(19)11(7-3)20-14-16-10(6-2)9-12(18)17(14)4/h9,11H,5-8H2,1-4H3,(H,15,19). The summed E-state index contributed by atoms with van der Waals surface area (Å²) in [6, 6.07) is 1.54. The summed E-state index contributed by atoms with van der Waals surface area (Å²) in [5, 5.41) is 3.28. The number of aromatic nitrogens is 2. The van der Waals surface area contributed by atoms with E-state index in [2.05, 4.69) is 10.3 Å². The summed E-state index contributed by atoms with van der Waals surface area (Å²) in [5.74, 6) is 0.00972. The third-order valence-electron chi connectivity index (χ3n) is 2.97. The van der Waals surface area contributed by atoms with Gasteiger partial charge < -0.3 is 5.32 Å². The van der Waals surface area contributed by atoms with Crippen LogP contribution in [0.15, 0.2) is 16.0 Å². The van der Waals surface area contributed by atoms with Gasteiger partial charge in [0.1, 0.15) is 0 Å². The number of nitrogens with zero attached hydrogens (tertiary/aromatic N) is 2. The van der Waals surface area contributed by atoms with Crippen molar-refractivity contribution >= 4 is 17.7 Å². The van der Waals surface area contributed by atoms with Crippen LogP contribution in [0.2, 0.25) is 0 Å². The second-order valence-corrected chi connectivity index (χ2v) is 5.76. The molecule has 0 saturated carbocycles. The van der Waals surface area contributed by atoms with Gasteiger partial charge in [0.15, 0.2) is 5.16 Å². The van der Waals surface area contributed by atoms with E-state index in [1.807, 2.05) is 20.8 Å². The Bertz CT molecular complexity index is 514. The fraction of sp³-hybridized carbons (Fsp3) is 0.643. The summed E-state index contributed by atoms with van der Waals surface area (Å²) in [7, 11) is 1.69. The minimum absolute atomic E-state index is 0.00972. The molecular formula is C14H23N3O2S. The van der Waals surface area contributed by atoms with Crippen LogP contribution >= 0.6 is 11.8 Å². The first-order valence-corrected chi connectivity index (χ1v) is 7.92. The van der Waals surface area contributed by atoms with Gasteiger partial charge in [-0.3, -0.25) is 14.2 Å². The lowest BCUT2D eigenvalue weighted by Gasteiger charge is -2.15. The van der Waals surface area contributed by atoms with Gasteiger partial charge in [0.25, 0.3) is 5.56 Å². The van der Waals surface area contributed by atoms with Gasteiger partial charge in [0.05, 0.1) is 5.25 Å². The van der Waals surface area contributed by atoms with Crippen LogP contribution in [0.3, 0.4) is 0 Å². The first kappa shape index (κ1) is 16.8. The third-order valence-corrected chi connectivity index (χ3v) is 4.38. The van der Waals surface area contributed by atoms with Gasteiger partial charge >= 0.3 is 0 Å². The highest BCUT2D eigenvalue weighted by atomic mass is 32.2. The first-order valence-electron chi connectivity index (χ1n) is 7.04. The molecule has 0 spiro atoms. The van der Waals surface area contributed by atoms with Crippen LogP contribution in [-0.2, 0) is 18.3 Å². The van der Waals surface area contributed by atoms with Crippen LogP contribution in [0.4, 0.5) is 0 Å². The van der Waals surface area contributed by atoms with E-state index in [9.17, 15) is 9.59 Å². The molecule has 20 heavy (non-hydrogen) atoms. The van der Waals surface area contributed by atoms with Crippen molar-refractivity contribution in [1.29, 1.82) is 0 Å². The van der Waals surface area contributed by atoms with E-state index < -0.39 is 0 Å². The maximum atomic E-state index is 12.0. The Morgan fingerprint density at radius 3 is 2.70 bits per heavy atom. The number of thioether (sulfide) groups is 1. The predicted octanol–water partition coefficient (Wildman–Crippen LogP) is 1.74. The molecule has 5 nitrogen and oxygen atoms in total. The number of carbonyl (C=O) groups is 1. The highest BCUT2D eigenvalue weighted by Crippen LogP contribution is 2.22. The molecular weight excluding hydrogens is 274 g/mol. The fourth-order valence-corrected chi connectivity index (χ4v) is 2.69. The molecule has 0 radical (unpaired) electrons. The summed E-state index contributed by atoms with van der Waals surface area (Å²) in [5.41, 5.74) is 0.683. The van der Waals surface area contributed by atoms with E-state index in [1.54, 1.807) is 13.1 Å². The third kappa shape index (κ3) is 4.37. The van der Waals surface area contributed by atoms with Crippen molar-refractivity contribution in [2.24, 2.45) is 7.05 Å². The molecule has 1 rings (SSSR count). The molecule has 0 aliphatic carbocycles. The van der Waals surface area contributed by atoms with Crippen LogP contribution in [0.1, 0.15) is 39.3 Å². The highest BCUT2D eigenvalue weighted by Gasteiger charge is 2.20. The average molecular weight is 297 g/mol. The number of amides is 1. The van der Waals surface area contributed by atoms with Crippen molar-refractivity contribution in [3.63, 3.8) is 0 Å². The lowest BCUT2D eigenvalue weighted by molar-refractivity contribution is -0.120. The van der Waals surface area contributed by atoms with Crippen LogP contribution in [0.5, 0.6) is 0 Å². The zero-order valence-electron chi connectivity index (χ0n) is 12.6. The van der Waals surface area contributed by atoms with Gasteiger partial charge in [0.2, 0.25) is 5.91 Å². The highest BCUT2D eigenvalue weighted by molar-refractivity contribution is 8.00. The average Bonchev–Trinajstić information content (AvgIpc) is 2.45. The van der Waals surface area contributed by atoms with Crippen molar-refractivity contribution in [3.8, 4) is 0 Å². The van der Waals surface area contributed by atoms with Gasteiger partial charge in [-0.1, -0.05) is 32.5 Å². The van der Waals surface area contributed by atoms with E-state index in [1.165, 1.54) is 16.3 Å². The van der Waals surface area contributed by atoms with Gasteiger partial charge in [-0.05, 0) is 19.3 Å². The maximum Gasteiger partial charge on any atom is 0.254 e. The van der Waals surface area contributed by atoms with Crippen molar-refractivity contribution in [2.45, 2.75) is 50.4 Å². The minimum Gasteiger partial charge on any atom is -0.355 e. The maximum absolute atomic E-state index is 12.0. The quantitative estimate of drug-likeness (QED) is 0.615. The Morgan fingerprint density at radius 1 is 1.45 bits per heavy atom. The number of hydrogen-bond acceptors (Lipinski definition) is 4. The van der Waals surface area contributed by atoms with E-state index >= 15 is 0 Å². The van der Waals surface area contributed by atoms with Crippen LogP contribution in [0, 0.1) is 0 Å². The molecule has 112 valence electrons. The Kier molecular flexibility index (Phi) is 6.78. The monoisotopic (exact) mass is 297 g/mol. The SMILES string of the molecule is CCCNC(=O)C(CC)Sc1nc(CC)cc(=O)n1C. The summed E-state index contributed by atoms with van der Waals surface area (Å²) in [6.07, 6.45) is 2.32. The number of rotatable bonds is 7. The molecule has 0 fully saturated rings. The second kappa shape index (κ2) is 8.09. The molecule has 1 aromatic rings. The van der Waals surface area contributed by atoms with Crippen molar-refractivity contribution < 1.29 is 4.79 Å². The summed E-state index contributed by atoms with van der Waals surface area (Å²) < 4.78 is 1.50. The van der Waals surface area contributed by atoms with Crippen molar-refractivity contribution in [3.05, 3.63) is 22.1 Å². The molecule has 1 N–H and O–H groups in total. The van der Waals surface area contributed by atoms with Gasteiger partial charge in [-0.15, -0.1) is 0 Å². The number of nitrogens with one attached hydrogen (secondary N) is 1. The normalized spacial score (nSPS) is 12.2. The van der Waals surface area contributed by atoms with E-state index in [4.69, 9.17) is 0 Å². The molecule has 1 atom stereocenters. The Hall–Kier alpha value is -1.30. The zero-order valence-corrected chi connectivity index (χ0v) is 13.4. The molecule has 0 bridgehead atoms. The number of carbonyl (C=O) groups excluding carboxylic acids is 1. The van der Waals surface area contributed by atoms with E-state index in [-0.39, 0.29) is 16.7 Å². The summed E-state index contributed by atoms with van der Waals surface area (Å²) in [6.45, 7) is 6.62. The van der Waals surface area contributed by atoms with Gasteiger partial charge in [-0.25, -0.2) is 4.98 Å². The van der Waals surface area contributed by atoms with Gasteiger partial charge in [0, 0.05) is 25.4 Å². The molecule has 0 aromatic carbocycles. The Balaban J connectivity index is 2.92. The second-order valence-electron chi connectivity index (χ2n) is 4.59. The fourth-order valence-electron chi connectivity index (χ4n) is 1.66.